The molecule has 3 nitrogen and oxygen atoms in total. The summed E-state index contributed by atoms with van der Waals surface area (Å²) in [5, 5.41) is 11.8. The molecule has 0 saturated heterocycles. The van der Waals surface area contributed by atoms with Crippen molar-refractivity contribution in [2.24, 2.45) is 5.41 Å². The minimum atomic E-state index is -0.0216. The van der Waals surface area contributed by atoms with Crippen molar-refractivity contribution in [2.75, 3.05) is 0 Å². The number of pyridine rings is 1. The number of hydrogen-bond acceptors (Lipinski definition) is 3. The average molecular weight is 452 g/mol. The number of furan rings is 1. The third-order valence-electron chi connectivity index (χ3n) is 7.76. The third kappa shape index (κ3) is 3.67. The second-order valence-corrected chi connectivity index (χ2v) is 10.8. The Bertz CT molecular complexity index is 1620. The van der Waals surface area contributed by atoms with Gasteiger partial charge < -0.3 is 4.42 Å². The smallest absolute Gasteiger partial charge is 0.164 e. The molecule has 0 spiro atoms. The predicted molar refractivity (Wildman–Crippen MR) is 154 cm³/mol. The van der Waals surface area contributed by atoms with Gasteiger partial charge in [-0.25, -0.2) is 0 Å². The number of aromatic nitrogens is 1. The van der Waals surface area contributed by atoms with E-state index >= 15 is 0 Å². The second kappa shape index (κ2) is 8.20. The van der Waals surface area contributed by atoms with E-state index in [-0.39, 0.29) is 10.6 Å². The second-order valence-electron chi connectivity index (χ2n) is 10.8. The quantitative estimate of drug-likeness (QED) is 0.391. The summed E-state index contributed by atoms with van der Waals surface area (Å²) in [7, 11) is 6.67. The molecule has 6 heteroatoms. The molecule has 0 radical (unpaired) electrons. The van der Waals surface area contributed by atoms with Crippen molar-refractivity contribution in [3.8, 4) is 28.5 Å². The number of benzene rings is 3. The monoisotopic (exact) mass is 452 g/mol. The summed E-state index contributed by atoms with van der Waals surface area (Å²) in [5.41, 5.74) is 8.18. The van der Waals surface area contributed by atoms with Crippen molar-refractivity contribution < 1.29 is 4.42 Å². The molecular formula is C29H27B3N2O. The van der Waals surface area contributed by atoms with Gasteiger partial charge in [0, 0.05) is 21.9 Å². The zero-order valence-corrected chi connectivity index (χ0v) is 21.2. The molecule has 0 aliphatic rings. The van der Waals surface area contributed by atoms with Gasteiger partial charge in [0.05, 0.1) is 17.3 Å². The SMILES string of the molecule is Bc1nc(-c2cccc3c2oc2c(-c4ccccc4)c(C#N)ccc23)ccc1C(B)(B)C(C)(C)C. The molecule has 2 heterocycles. The number of nitrogens with zero attached hydrogens (tertiary/aromatic N) is 2. The third-order valence-corrected chi connectivity index (χ3v) is 7.76. The minimum Gasteiger partial charge on any atom is -0.455 e. The highest BCUT2D eigenvalue weighted by Crippen LogP contribution is 2.41. The van der Waals surface area contributed by atoms with Crippen molar-refractivity contribution in [1.29, 1.82) is 5.26 Å². The summed E-state index contributed by atoms with van der Waals surface area (Å²) in [6.07, 6.45) is 0. The number of hydrogen-bond donors (Lipinski definition) is 0. The Labute approximate surface area is 209 Å². The first-order valence-electron chi connectivity index (χ1n) is 12.1. The molecule has 35 heavy (non-hydrogen) atoms. The van der Waals surface area contributed by atoms with Crippen molar-refractivity contribution >= 4 is 51.1 Å². The standard InChI is InChI=1S/C29H27B3N2O/c1-28(2,3)29(31,32)22-14-15-23(34-27(22)30)21-11-7-10-19-20-13-12-18(16-33)24(26(20)35-25(19)21)17-8-5-4-6-9-17/h4-15H,30-32H2,1-3H3. The van der Waals surface area contributed by atoms with Crippen molar-refractivity contribution in [3.05, 3.63) is 83.9 Å². The van der Waals surface area contributed by atoms with Crippen LogP contribution in [0.4, 0.5) is 0 Å². The number of fused-ring (bicyclic) bond motifs is 3. The van der Waals surface area contributed by atoms with Crippen LogP contribution in [0.15, 0.2) is 77.2 Å². The molecule has 5 aromatic rings. The van der Waals surface area contributed by atoms with Crippen molar-refractivity contribution in [3.63, 3.8) is 0 Å². The molecule has 0 fully saturated rings. The molecule has 0 aliphatic heterocycles. The molecule has 0 amide bonds. The van der Waals surface area contributed by atoms with Gasteiger partial charge in [-0.15, -0.1) is 0 Å². The maximum absolute atomic E-state index is 9.82. The molecule has 0 bridgehead atoms. The zero-order valence-electron chi connectivity index (χ0n) is 21.2. The van der Waals surface area contributed by atoms with Crippen LogP contribution in [0.25, 0.3) is 44.3 Å². The first kappa shape index (κ1) is 23.1. The molecule has 0 N–H and O–H groups in total. The summed E-state index contributed by atoms with van der Waals surface area (Å²) in [4.78, 5) is 5.05. The van der Waals surface area contributed by atoms with Gasteiger partial charge in [-0.2, -0.15) is 5.26 Å². The van der Waals surface area contributed by atoms with Gasteiger partial charge in [0.15, 0.2) is 7.85 Å². The van der Waals surface area contributed by atoms with Crippen LogP contribution in [0.5, 0.6) is 0 Å². The van der Waals surface area contributed by atoms with Crippen molar-refractivity contribution in [1.82, 2.24) is 4.98 Å². The van der Waals surface area contributed by atoms with Gasteiger partial charge in [0.2, 0.25) is 0 Å². The Balaban J connectivity index is 1.74. The fraction of sp³-hybridized carbons (Fsp3) is 0.172. The van der Waals surface area contributed by atoms with Crippen LogP contribution >= 0.6 is 0 Å². The maximum atomic E-state index is 9.82. The molecule has 5 rings (SSSR count). The topological polar surface area (TPSA) is 49.8 Å². The van der Waals surface area contributed by atoms with Crippen LogP contribution in [-0.2, 0) is 5.21 Å². The number of nitriles is 1. The predicted octanol–water partition coefficient (Wildman–Crippen LogP) is 3.91. The maximum Gasteiger partial charge on any atom is 0.164 e. The Kier molecular flexibility index (Phi) is 5.40. The number of rotatable bonds is 3. The van der Waals surface area contributed by atoms with Crippen LogP contribution in [0.3, 0.4) is 0 Å². The lowest BCUT2D eigenvalue weighted by Crippen LogP contribution is -2.45. The lowest BCUT2D eigenvalue weighted by atomic mass is 9.40. The van der Waals surface area contributed by atoms with Crippen LogP contribution in [-0.4, -0.2) is 28.5 Å². The fourth-order valence-electron chi connectivity index (χ4n) is 4.82. The fourth-order valence-corrected chi connectivity index (χ4v) is 4.82. The Morgan fingerprint density at radius 2 is 1.54 bits per heavy atom. The highest BCUT2D eigenvalue weighted by atomic mass is 16.3. The molecule has 0 atom stereocenters. The van der Waals surface area contributed by atoms with E-state index < -0.39 is 0 Å². The van der Waals surface area contributed by atoms with E-state index in [9.17, 15) is 5.26 Å². The molecule has 0 unspecified atom stereocenters. The van der Waals surface area contributed by atoms with Gasteiger partial charge in [-0.3, -0.25) is 4.98 Å². The van der Waals surface area contributed by atoms with E-state index in [0.29, 0.717) is 5.56 Å². The van der Waals surface area contributed by atoms with Crippen molar-refractivity contribution in [2.45, 2.75) is 26.0 Å². The first-order chi connectivity index (χ1) is 16.6. The zero-order chi connectivity index (χ0) is 25.0. The van der Waals surface area contributed by atoms with Gasteiger partial charge in [0.1, 0.15) is 26.9 Å². The van der Waals surface area contributed by atoms with E-state index in [1.165, 1.54) is 5.56 Å². The largest absolute Gasteiger partial charge is 0.455 e. The summed E-state index contributed by atoms with van der Waals surface area (Å²) in [6.45, 7) is 6.82. The first-order valence-corrected chi connectivity index (χ1v) is 12.1. The Morgan fingerprint density at radius 1 is 0.829 bits per heavy atom. The summed E-state index contributed by atoms with van der Waals surface area (Å²) < 4.78 is 6.57. The Morgan fingerprint density at radius 3 is 2.20 bits per heavy atom. The molecular weight excluding hydrogens is 425 g/mol. The number of para-hydroxylation sites is 1. The highest BCUT2D eigenvalue weighted by molar-refractivity contribution is 6.43. The lowest BCUT2D eigenvalue weighted by Gasteiger charge is -2.40. The van der Waals surface area contributed by atoms with Crippen LogP contribution < -0.4 is 5.59 Å². The lowest BCUT2D eigenvalue weighted by molar-refractivity contribution is 0.359. The van der Waals surface area contributed by atoms with E-state index in [0.717, 1.165) is 49.9 Å². The van der Waals surface area contributed by atoms with E-state index in [1.54, 1.807) is 0 Å². The van der Waals surface area contributed by atoms with Crippen LogP contribution in [0.1, 0.15) is 31.9 Å². The molecule has 0 saturated carbocycles. The highest BCUT2D eigenvalue weighted by Gasteiger charge is 2.35. The molecule has 2 aromatic heterocycles. The van der Waals surface area contributed by atoms with Gasteiger partial charge in [0.25, 0.3) is 0 Å². The Hall–Kier alpha value is -3.71. The summed E-state index contributed by atoms with van der Waals surface area (Å²) in [6, 6.07) is 26.7. The molecule has 0 aliphatic carbocycles. The molecule has 168 valence electrons. The minimum absolute atomic E-state index is 0.0216. The van der Waals surface area contributed by atoms with Gasteiger partial charge in [-0.05, 0) is 46.4 Å². The molecule has 3 aromatic carbocycles. The average Bonchev–Trinajstić information content (AvgIpc) is 3.21. The van der Waals surface area contributed by atoms with E-state index in [4.69, 9.17) is 9.40 Å². The summed E-state index contributed by atoms with van der Waals surface area (Å²) >= 11 is 0. The van der Waals surface area contributed by atoms with E-state index in [2.05, 4.69) is 80.7 Å². The van der Waals surface area contributed by atoms with E-state index in [1.807, 2.05) is 42.5 Å². The normalized spacial score (nSPS) is 12.2. The van der Waals surface area contributed by atoms with Gasteiger partial charge in [-0.1, -0.05) is 74.5 Å². The van der Waals surface area contributed by atoms with Gasteiger partial charge >= 0.3 is 0 Å². The van der Waals surface area contributed by atoms with Crippen LogP contribution in [0, 0.1) is 16.7 Å². The summed E-state index contributed by atoms with van der Waals surface area (Å²) in [5.74, 6) is 0. The van der Waals surface area contributed by atoms with Crippen LogP contribution in [0.2, 0.25) is 0 Å².